The van der Waals surface area contributed by atoms with Gasteiger partial charge in [0.2, 0.25) is 0 Å². The van der Waals surface area contributed by atoms with Crippen LogP contribution in [0.3, 0.4) is 0 Å². The number of pyridine rings is 1. The lowest BCUT2D eigenvalue weighted by Crippen LogP contribution is -2.28. The predicted octanol–water partition coefficient (Wildman–Crippen LogP) is 2.32. The quantitative estimate of drug-likeness (QED) is 0.771. The summed E-state index contributed by atoms with van der Waals surface area (Å²) in [7, 11) is 0. The van der Waals surface area contributed by atoms with Gasteiger partial charge in [0.15, 0.2) is 0 Å². The van der Waals surface area contributed by atoms with Crippen molar-refractivity contribution in [2.75, 3.05) is 19.8 Å². The number of ether oxygens (including phenoxy) is 1. The molecule has 0 atom stereocenters. The highest BCUT2D eigenvalue weighted by molar-refractivity contribution is 5.96. The molecule has 0 spiro atoms. The number of nitrogens with one attached hydrogen (secondary N) is 2. The number of hydrogen-bond donors (Lipinski definition) is 2. The zero-order chi connectivity index (χ0) is 15.9. The highest BCUT2D eigenvalue weighted by Gasteiger charge is 2.08. The van der Waals surface area contributed by atoms with E-state index in [4.69, 9.17) is 4.74 Å². The van der Waals surface area contributed by atoms with E-state index in [1.807, 2.05) is 12.1 Å². The molecule has 0 saturated heterocycles. The van der Waals surface area contributed by atoms with Crippen molar-refractivity contribution in [1.29, 1.82) is 0 Å². The lowest BCUT2D eigenvalue weighted by Gasteiger charge is -2.08. The zero-order valence-electron chi connectivity index (χ0n) is 13.0. The van der Waals surface area contributed by atoms with E-state index < -0.39 is 0 Å². The van der Waals surface area contributed by atoms with Crippen LogP contribution in [0.4, 0.5) is 0 Å². The molecule has 5 heteroatoms. The van der Waals surface area contributed by atoms with Crippen molar-refractivity contribution in [2.24, 2.45) is 5.92 Å². The Morgan fingerprint density at radius 1 is 1.32 bits per heavy atom. The molecule has 0 unspecified atom stereocenters. The molecule has 1 aromatic carbocycles. The van der Waals surface area contributed by atoms with Gasteiger partial charge >= 0.3 is 0 Å². The van der Waals surface area contributed by atoms with Crippen LogP contribution in [0, 0.1) is 5.92 Å². The largest absolute Gasteiger partial charge is 0.381 e. The van der Waals surface area contributed by atoms with Gasteiger partial charge in [-0.05, 0) is 29.9 Å². The molecule has 0 fully saturated rings. The monoisotopic (exact) mass is 302 g/mol. The highest BCUT2D eigenvalue weighted by Crippen LogP contribution is 2.09. The molecule has 22 heavy (non-hydrogen) atoms. The minimum atomic E-state index is -0.272. The molecule has 1 heterocycles. The van der Waals surface area contributed by atoms with E-state index in [1.165, 1.54) is 0 Å². The number of carbonyl (C=O) groups is 1. The Morgan fingerprint density at radius 2 is 2.09 bits per heavy atom. The molecule has 118 valence electrons. The minimum absolute atomic E-state index is 0.247. The fourth-order valence-corrected chi connectivity index (χ4v) is 2.12. The van der Waals surface area contributed by atoms with Crippen molar-refractivity contribution in [1.82, 2.24) is 10.3 Å². The van der Waals surface area contributed by atoms with Crippen molar-refractivity contribution in [3.63, 3.8) is 0 Å². The molecule has 2 N–H and O–H groups in total. The van der Waals surface area contributed by atoms with Gasteiger partial charge in [-0.15, -0.1) is 0 Å². The van der Waals surface area contributed by atoms with Crippen LogP contribution in [-0.2, 0) is 4.74 Å². The van der Waals surface area contributed by atoms with Gasteiger partial charge < -0.3 is 15.0 Å². The number of fused-ring (bicyclic) bond motifs is 1. The van der Waals surface area contributed by atoms with Crippen LogP contribution in [0.15, 0.2) is 35.1 Å². The van der Waals surface area contributed by atoms with Crippen molar-refractivity contribution in [3.05, 3.63) is 46.4 Å². The van der Waals surface area contributed by atoms with Crippen molar-refractivity contribution in [3.8, 4) is 0 Å². The maximum Gasteiger partial charge on any atom is 0.267 e. The van der Waals surface area contributed by atoms with Gasteiger partial charge in [-0.2, -0.15) is 0 Å². The van der Waals surface area contributed by atoms with Gasteiger partial charge in [-0.25, -0.2) is 0 Å². The second-order valence-corrected chi connectivity index (χ2v) is 5.68. The zero-order valence-corrected chi connectivity index (χ0v) is 13.0. The Kier molecular flexibility index (Phi) is 5.72. The van der Waals surface area contributed by atoms with Crippen molar-refractivity contribution >= 4 is 16.7 Å². The first-order chi connectivity index (χ1) is 10.6. The number of rotatable bonds is 7. The summed E-state index contributed by atoms with van der Waals surface area (Å²) in [5, 5.41) is 4.14. The minimum Gasteiger partial charge on any atom is -0.381 e. The molecule has 0 radical (unpaired) electrons. The molecule has 1 amide bonds. The van der Waals surface area contributed by atoms with Gasteiger partial charge in [0.1, 0.15) is 5.69 Å². The summed E-state index contributed by atoms with van der Waals surface area (Å²) in [6, 6.07) is 8.90. The molecule has 0 aliphatic rings. The summed E-state index contributed by atoms with van der Waals surface area (Å²) < 4.78 is 5.45. The molecular weight excluding hydrogens is 280 g/mol. The van der Waals surface area contributed by atoms with Crippen LogP contribution in [-0.4, -0.2) is 30.6 Å². The highest BCUT2D eigenvalue weighted by atomic mass is 16.5. The Balaban J connectivity index is 1.89. The summed E-state index contributed by atoms with van der Waals surface area (Å²) in [5.74, 6) is 0.240. The summed E-state index contributed by atoms with van der Waals surface area (Å²) in [6.07, 6.45) is 0.746. The van der Waals surface area contributed by atoms with Gasteiger partial charge in [0.25, 0.3) is 11.5 Å². The number of hydrogen-bond acceptors (Lipinski definition) is 3. The average molecular weight is 302 g/mol. The second kappa shape index (κ2) is 7.75. The smallest absolute Gasteiger partial charge is 0.267 e. The molecule has 0 aliphatic heterocycles. The number of carbonyl (C=O) groups excluding carboxylic acids is 1. The van der Waals surface area contributed by atoms with Gasteiger partial charge in [0.05, 0.1) is 0 Å². The van der Waals surface area contributed by atoms with Crippen LogP contribution < -0.4 is 10.9 Å². The third kappa shape index (κ3) is 4.43. The summed E-state index contributed by atoms with van der Waals surface area (Å²) in [6.45, 7) is 6.06. The van der Waals surface area contributed by atoms with Crippen molar-refractivity contribution in [2.45, 2.75) is 20.3 Å². The van der Waals surface area contributed by atoms with Crippen LogP contribution >= 0.6 is 0 Å². The first kappa shape index (κ1) is 16.2. The lowest BCUT2D eigenvalue weighted by molar-refractivity contribution is 0.0920. The number of aromatic amines is 1. The maximum absolute atomic E-state index is 12.1. The van der Waals surface area contributed by atoms with E-state index in [0.29, 0.717) is 24.5 Å². The van der Waals surface area contributed by atoms with E-state index in [-0.39, 0.29) is 17.2 Å². The lowest BCUT2D eigenvalue weighted by atomic mass is 10.1. The SMILES string of the molecule is CC(C)COCCCNC(=O)c1cc2ccccc2c(=O)[nH]1. The standard InChI is InChI=1S/C17H22N2O3/c1-12(2)11-22-9-5-8-18-17(21)15-10-13-6-3-4-7-14(13)16(20)19-15/h3-4,6-7,10,12H,5,8-9,11H2,1-2H3,(H,18,21)(H,19,20). The third-order valence-electron chi connectivity index (χ3n) is 3.20. The topological polar surface area (TPSA) is 71.2 Å². The van der Waals surface area contributed by atoms with Crippen LogP contribution in [0.5, 0.6) is 0 Å². The number of H-pyrrole nitrogens is 1. The molecule has 2 aromatic rings. The number of benzene rings is 1. The Bertz CT molecular complexity index is 692. The number of aromatic nitrogens is 1. The molecule has 2 rings (SSSR count). The van der Waals surface area contributed by atoms with Gasteiger partial charge in [-0.3, -0.25) is 9.59 Å². The van der Waals surface area contributed by atoms with E-state index in [2.05, 4.69) is 24.1 Å². The maximum atomic E-state index is 12.1. The Labute approximate surface area is 129 Å². The van der Waals surface area contributed by atoms with E-state index in [0.717, 1.165) is 18.4 Å². The van der Waals surface area contributed by atoms with E-state index in [1.54, 1.807) is 18.2 Å². The molecule has 1 aromatic heterocycles. The average Bonchev–Trinajstić information content (AvgIpc) is 2.50. The molecule has 0 bridgehead atoms. The molecule has 0 aliphatic carbocycles. The second-order valence-electron chi connectivity index (χ2n) is 5.68. The first-order valence-corrected chi connectivity index (χ1v) is 7.56. The normalized spacial score (nSPS) is 11.0. The predicted molar refractivity (Wildman–Crippen MR) is 87.2 cm³/mol. The summed E-state index contributed by atoms with van der Waals surface area (Å²) in [5.41, 5.74) is 0.0373. The molecular formula is C17H22N2O3. The molecule has 0 saturated carbocycles. The molecule has 5 nitrogen and oxygen atoms in total. The fraction of sp³-hybridized carbons (Fsp3) is 0.412. The van der Waals surface area contributed by atoms with Crippen molar-refractivity contribution < 1.29 is 9.53 Å². The Morgan fingerprint density at radius 3 is 2.86 bits per heavy atom. The van der Waals surface area contributed by atoms with Gasteiger partial charge in [-0.1, -0.05) is 32.0 Å². The van der Waals surface area contributed by atoms with Crippen LogP contribution in [0.25, 0.3) is 10.8 Å². The summed E-state index contributed by atoms with van der Waals surface area (Å²) >= 11 is 0. The van der Waals surface area contributed by atoms with Crippen LogP contribution in [0.2, 0.25) is 0 Å². The van der Waals surface area contributed by atoms with E-state index >= 15 is 0 Å². The Hall–Kier alpha value is -2.14. The van der Waals surface area contributed by atoms with E-state index in [9.17, 15) is 9.59 Å². The fourth-order valence-electron chi connectivity index (χ4n) is 2.12. The number of amides is 1. The first-order valence-electron chi connectivity index (χ1n) is 7.56. The third-order valence-corrected chi connectivity index (χ3v) is 3.20. The summed E-state index contributed by atoms with van der Waals surface area (Å²) in [4.78, 5) is 26.6. The van der Waals surface area contributed by atoms with Crippen LogP contribution in [0.1, 0.15) is 30.8 Å². The van der Waals surface area contributed by atoms with Gasteiger partial charge in [0, 0.05) is 25.1 Å².